The zero-order chi connectivity index (χ0) is 14.4. The Labute approximate surface area is 124 Å². The van der Waals surface area contributed by atoms with Crippen molar-refractivity contribution in [1.29, 1.82) is 0 Å². The standard InChI is InChI=1S/C18H29N2/c1-15(2)14-20-11-9-16(3)18(10-12-20)19-13-17-7-5-4-6-8-17/h4-8,16,18-19H,9-14H2,1-3H3. The van der Waals surface area contributed by atoms with E-state index < -0.39 is 0 Å². The van der Waals surface area contributed by atoms with Gasteiger partial charge in [0.15, 0.2) is 0 Å². The number of nitrogens with one attached hydrogen (secondary N) is 1. The molecule has 0 amide bonds. The van der Waals surface area contributed by atoms with Crippen LogP contribution in [-0.4, -0.2) is 30.6 Å². The van der Waals surface area contributed by atoms with Crippen molar-refractivity contribution in [3.8, 4) is 0 Å². The van der Waals surface area contributed by atoms with Gasteiger partial charge in [-0.1, -0.05) is 51.1 Å². The summed E-state index contributed by atoms with van der Waals surface area (Å²) >= 11 is 0. The molecular weight excluding hydrogens is 244 g/mol. The van der Waals surface area contributed by atoms with Crippen LogP contribution >= 0.6 is 0 Å². The van der Waals surface area contributed by atoms with E-state index in [1.54, 1.807) is 0 Å². The number of hydrogen-bond donors (Lipinski definition) is 1. The second kappa shape index (κ2) is 7.80. The molecule has 1 radical (unpaired) electrons. The van der Waals surface area contributed by atoms with Gasteiger partial charge in [-0.15, -0.1) is 0 Å². The summed E-state index contributed by atoms with van der Waals surface area (Å²) in [6, 6.07) is 11.4. The van der Waals surface area contributed by atoms with E-state index in [-0.39, 0.29) is 0 Å². The predicted molar refractivity (Wildman–Crippen MR) is 86.5 cm³/mol. The summed E-state index contributed by atoms with van der Waals surface area (Å²) in [6.07, 6.45) is 2.57. The highest BCUT2D eigenvalue weighted by atomic mass is 15.1. The van der Waals surface area contributed by atoms with Gasteiger partial charge in [0.2, 0.25) is 0 Å². The normalized spacial score (nSPS) is 24.8. The number of likely N-dealkylation sites (tertiary alicyclic amines) is 1. The van der Waals surface area contributed by atoms with Gasteiger partial charge in [0.25, 0.3) is 0 Å². The topological polar surface area (TPSA) is 15.3 Å². The summed E-state index contributed by atoms with van der Waals surface area (Å²) in [6.45, 7) is 11.5. The highest BCUT2D eigenvalue weighted by Crippen LogP contribution is 2.19. The highest BCUT2D eigenvalue weighted by molar-refractivity contribution is 5.14. The first-order valence-corrected chi connectivity index (χ1v) is 7.94. The zero-order valence-electron chi connectivity index (χ0n) is 13.2. The second-order valence-electron chi connectivity index (χ2n) is 6.51. The molecule has 0 aliphatic carbocycles. The summed E-state index contributed by atoms with van der Waals surface area (Å²) in [5, 5.41) is 3.77. The van der Waals surface area contributed by atoms with E-state index in [1.165, 1.54) is 37.4 Å². The lowest BCUT2D eigenvalue weighted by molar-refractivity contribution is 0.291. The van der Waals surface area contributed by atoms with Crippen LogP contribution in [0.25, 0.3) is 0 Å². The minimum atomic E-state index is 0.650. The molecule has 1 aliphatic heterocycles. The van der Waals surface area contributed by atoms with Crippen molar-refractivity contribution in [2.45, 2.75) is 46.2 Å². The fraction of sp³-hybridized carbons (Fsp3) is 0.611. The van der Waals surface area contributed by atoms with Crippen molar-refractivity contribution in [2.75, 3.05) is 19.6 Å². The van der Waals surface area contributed by atoms with Crippen LogP contribution in [-0.2, 0) is 6.54 Å². The Hall–Kier alpha value is -0.860. The Morgan fingerprint density at radius 3 is 2.55 bits per heavy atom. The van der Waals surface area contributed by atoms with Crippen molar-refractivity contribution in [2.24, 2.45) is 5.92 Å². The maximum Gasteiger partial charge on any atom is 0.0208 e. The van der Waals surface area contributed by atoms with Gasteiger partial charge in [0.1, 0.15) is 0 Å². The monoisotopic (exact) mass is 273 g/mol. The zero-order valence-corrected chi connectivity index (χ0v) is 13.2. The predicted octanol–water partition coefficient (Wildman–Crippen LogP) is 3.49. The minimum Gasteiger partial charge on any atom is -0.310 e. The Morgan fingerprint density at radius 2 is 1.85 bits per heavy atom. The van der Waals surface area contributed by atoms with Crippen LogP contribution < -0.4 is 5.32 Å². The van der Waals surface area contributed by atoms with E-state index in [4.69, 9.17) is 0 Å². The van der Waals surface area contributed by atoms with Gasteiger partial charge < -0.3 is 10.2 Å². The fourth-order valence-electron chi connectivity index (χ4n) is 3.06. The maximum atomic E-state index is 3.77. The van der Waals surface area contributed by atoms with Crippen LogP contribution in [0.1, 0.15) is 39.2 Å². The molecule has 0 saturated carbocycles. The van der Waals surface area contributed by atoms with E-state index in [2.05, 4.69) is 61.3 Å². The molecule has 0 spiro atoms. The van der Waals surface area contributed by atoms with Crippen molar-refractivity contribution < 1.29 is 0 Å². The van der Waals surface area contributed by atoms with Crippen LogP contribution in [0.4, 0.5) is 0 Å². The highest BCUT2D eigenvalue weighted by Gasteiger charge is 2.23. The quantitative estimate of drug-likeness (QED) is 0.883. The van der Waals surface area contributed by atoms with Crippen LogP contribution in [0.15, 0.2) is 30.3 Å². The van der Waals surface area contributed by atoms with Gasteiger partial charge in [0, 0.05) is 19.1 Å². The van der Waals surface area contributed by atoms with E-state index >= 15 is 0 Å². The molecule has 0 bridgehead atoms. The van der Waals surface area contributed by atoms with Crippen molar-refractivity contribution in [3.63, 3.8) is 0 Å². The van der Waals surface area contributed by atoms with Crippen LogP contribution in [0, 0.1) is 11.8 Å². The molecule has 1 aromatic carbocycles. The Balaban J connectivity index is 1.82. The molecule has 1 aromatic rings. The molecule has 2 heteroatoms. The molecule has 111 valence electrons. The summed E-state index contributed by atoms with van der Waals surface area (Å²) < 4.78 is 0. The fourth-order valence-corrected chi connectivity index (χ4v) is 3.06. The van der Waals surface area contributed by atoms with Gasteiger partial charge >= 0.3 is 0 Å². The lowest BCUT2D eigenvalue weighted by atomic mass is 9.97. The molecule has 0 aromatic heterocycles. The first kappa shape index (κ1) is 15.5. The number of hydrogen-bond acceptors (Lipinski definition) is 2. The molecule has 1 heterocycles. The summed E-state index contributed by atoms with van der Waals surface area (Å²) in [5.41, 5.74) is 1.39. The summed E-state index contributed by atoms with van der Waals surface area (Å²) in [5.74, 6) is 2.29. The smallest absolute Gasteiger partial charge is 0.0208 e. The average molecular weight is 273 g/mol. The van der Waals surface area contributed by atoms with E-state index in [0.29, 0.717) is 6.04 Å². The third kappa shape index (κ3) is 4.92. The third-order valence-electron chi connectivity index (χ3n) is 4.29. The second-order valence-corrected chi connectivity index (χ2v) is 6.51. The van der Waals surface area contributed by atoms with Gasteiger partial charge in [-0.25, -0.2) is 0 Å². The maximum absolute atomic E-state index is 3.77. The van der Waals surface area contributed by atoms with Crippen molar-refractivity contribution in [1.82, 2.24) is 10.2 Å². The Bertz CT molecular complexity index is 374. The molecule has 1 aliphatic rings. The lowest BCUT2D eigenvalue weighted by Crippen LogP contribution is -2.35. The number of rotatable bonds is 5. The molecule has 1 saturated heterocycles. The average Bonchev–Trinajstić information content (AvgIpc) is 2.60. The first-order valence-electron chi connectivity index (χ1n) is 7.94. The van der Waals surface area contributed by atoms with Crippen LogP contribution in [0.2, 0.25) is 0 Å². The van der Waals surface area contributed by atoms with Gasteiger partial charge in [-0.05, 0) is 43.3 Å². The van der Waals surface area contributed by atoms with Crippen LogP contribution in [0.5, 0.6) is 0 Å². The van der Waals surface area contributed by atoms with E-state index in [0.717, 1.165) is 19.0 Å². The number of benzene rings is 1. The summed E-state index contributed by atoms with van der Waals surface area (Å²) in [4.78, 5) is 2.61. The summed E-state index contributed by atoms with van der Waals surface area (Å²) in [7, 11) is 0. The first-order chi connectivity index (χ1) is 9.65. The SMILES string of the molecule is C[C](C)CN1CCC(C)C(NCc2ccccc2)CC1. The van der Waals surface area contributed by atoms with E-state index in [9.17, 15) is 0 Å². The van der Waals surface area contributed by atoms with Crippen LogP contribution in [0.3, 0.4) is 0 Å². The molecule has 20 heavy (non-hydrogen) atoms. The molecule has 1 N–H and O–H groups in total. The molecule has 2 atom stereocenters. The molecule has 1 fully saturated rings. The van der Waals surface area contributed by atoms with Crippen molar-refractivity contribution >= 4 is 0 Å². The Kier molecular flexibility index (Phi) is 6.06. The molecule has 2 nitrogen and oxygen atoms in total. The molecule has 2 rings (SSSR count). The third-order valence-corrected chi connectivity index (χ3v) is 4.29. The lowest BCUT2D eigenvalue weighted by Gasteiger charge is -2.23. The van der Waals surface area contributed by atoms with Gasteiger partial charge in [-0.2, -0.15) is 0 Å². The minimum absolute atomic E-state index is 0.650. The molecule has 2 unspecified atom stereocenters. The van der Waals surface area contributed by atoms with Gasteiger partial charge in [-0.3, -0.25) is 0 Å². The number of nitrogens with zero attached hydrogens (tertiary/aromatic N) is 1. The van der Waals surface area contributed by atoms with Gasteiger partial charge in [0.05, 0.1) is 0 Å². The molecular formula is C18H29N2. The Morgan fingerprint density at radius 1 is 1.15 bits per heavy atom. The van der Waals surface area contributed by atoms with E-state index in [1.807, 2.05) is 0 Å². The largest absolute Gasteiger partial charge is 0.310 e. The van der Waals surface area contributed by atoms with Crippen molar-refractivity contribution in [3.05, 3.63) is 41.8 Å².